The summed E-state index contributed by atoms with van der Waals surface area (Å²) in [5.41, 5.74) is 27.5. The molecule has 0 unspecified atom stereocenters. The van der Waals surface area contributed by atoms with Gasteiger partial charge in [0.2, 0.25) is 0 Å². The Labute approximate surface area is 465 Å². The summed E-state index contributed by atoms with van der Waals surface area (Å²) in [6.07, 6.45) is 0. The van der Waals surface area contributed by atoms with Gasteiger partial charge in [-0.25, -0.2) is 19.9 Å². The molecular weight excluding hydrogens is 973 g/mol. The summed E-state index contributed by atoms with van der Waals surface area (Å²) in [7, 11) is 0. The Morgan fingerprint density at radius 2 is 0.537 bits per heavy atom. The highest BCUT2D eigenvalue weighted by Gasteiger charge is 2.20. The van der Waals surface area contributed by atoms with E-state index in [-0.39, 0.29) is 0 Å². The fourth-order valence-electron chi connectivity index (χ4n) is 11.6. The number of para-hydroxylation sites is 6. The topological polar surface area (TPSA) is 61.4 Å². The second-order valence-electron chi connectivity index (χ2n) is 21.1. The molecule has 0 fully saturated rings. The molecule has 3 heterocycles. The first kappa shape index (κ1) is 48.1. The van der Waals surface area contributed by atoms with Crippen LogP contribution in [0.1, 0.15) is 22.3 Å². The average Bonchev–Trinajstić information content (AvgIpc) is 4.27. The van der Waals surface area contributed by atoms with Crippen LogP contribution in [-0.2, 0) is 0 Å². The van der Waals surface area contributed by atoms with E-state index in [2.05, 4.69) is 267 Å². The van der Waals surface area contributed by atoms with Crippen molar-refractivity contribution in [2.24, 2.45) is 0 Å². The molecule has 0 bridgehead atoms. The second-order valence-corrected chi connectivity index (χ2v) is 21.1. The third-order valence-electron chi connectivity index (χ3n) is 15.3. The first-order valence-corrected chi connectivity index (χ1v) is 27.3. The monoisotopic (exact) mass is 1030 g/mol. The molecule has 3 aromatic heterocycles. The first-order chi connectivity index (χ1) is 39.2. The minimum atomic E-state index is 0.822. The molecule has 0 saturated heterocycles. The molecule has 0 atom stereocenters. The maximum atomic E-state index is 5.61. The van der Waals surface area contributed by atoms with Crippen LogP contribution in [0, 0.1) is 27.7 Å². The van der Waals surface area contributed by atoms with Crippen molar-refractivity contribution >= 4 is 33.1 Å². The Morgan fingerprint density at radius 3 is 0.887 bits per heavy atom. The number of rotatable bonds is 10. The predicted molar refractivity (Wildman–Crippen MR) is 331 cm³/mol. The van der Waals surface area contributed by atoms with Crippen LogP contribution in [0.15, 0.2) is 255 Å². The van der Waals surface area contributed by atoms with Crippen LogP contribution >= 0.6 is 0 Å². The standard InChI is InChI=1S/C74H54N6/c1-47-39-48(2)42-59(41-47)63-45-67-68(46-64(63)60-43-49(3)40-50(4)44-60)76-72(56-33-25-52(26-34-56)54-29-37-58(38-30-54)74-78-66-20-12-14-22-70(66)80(74)62-17-9-6-10-18-62)71(75-67)55-31-23-51(24-32-55)53-27-35-57(36-28-53)73-77-65-19-11-13-21-69(65)79(73)61-15-7-5-8-16-61/h5-46H,1-4H3. The van der Waals surface area contributed by atoms with Gasteiger partial charge in [0.1, 0.15) is 11.6 Å². The lowest BCUT2D eigenvalue weighted by atomic mass is 9.90. The van der Waals surface area contributed by atoms with Crippen molar-refractivity contribution in [1.82, 2.24) is 29.1 Å². The van der Waals surface area contributed by atoms with Crippen LogP contribution in [0.4, 0.5) is 0 Å². The van der Waals surface area contributed by atoms with Gasteiger partial charge in [-0.3, -0.25) is 9.13 Å². The van der Waals surface area contributed by atoms with E-state index in [1.807, 2.05) is 24.3 Å². The number of hydrogen-bond donors (Lipinski definition) is 0. The van der Waals surface area contributed by atoms with E-state index in [1.54, 1.807) is 0 Å². The van der Waals surface area contributed by atoms with Crippen LogP contribution < -0.4 is 0 Å². The molecule has 0 spiro atoms. The summed E-state index contributed by atoms with van der Waals surface area (Å²) in [5, 5.41) is 0. The van der Waals surface area contributed by atoms with Crippen LogP contribution in [0.2, 0.25) is 0 Å². The van der Waals surface area contributed by atoms with Crippen molar-refractivity contribution in [2.75, 3.05) is 0 Å². The summed E-state index contributed by atoms with van der Waals surface area (Å²) < 4.78 is 4.49. The SMILES string of the molecule is Cc1cc(C)cc(-c2cc3nc(-c4ccc(-c5ccc(-c6nc7ccccc7n6-c6ccccc6)cc5)cc4)c(-c4ccc(-c5ccc(-c6nc7ccccc7n6-c6ccccc6)cc5)cc4)nc3cc2-c2cc(C)cc(C)c2)c1. The summed E-state index contributed by atoms with van der Waals surface area (Å²) in [6.45, 7) is 8.68. The number of fused-ring (bicyclic) bond motifs is 3. The maximum Gasteiger partial charge on any atom is 0.145 e. The van der Waals surface area contributed by atoms with Gasteiger partial charge >= 0.3 is 0 Å². The Morgan fingerprint density at radius 1 is 0.237 bits per heavy atom. The first-order valence-electron chi connectivity index (χ1n) is 27.3. The van der Waals surface area contributed by atoms with Crippen LogP contribution in [-0.4, -0.2) is 29.1 Å². The van der Waals surface area contributed by atoms with Gasteiger partial charge in [-0.2, -0.15) is 0 Å². The molecule has 0 radical (unpaired) electrons. The predicted octanol–water partition coefficient (Wildman–Crippen LogP) is 18.9. The minimum Gasteiger partial charge on any atom is -0.292 e. The van der Waals surface area contributed by atoms with E-state index in [1.165, 1.54) is 22.3 Å². The maximum absolute atomic E-state index is 5.61. The van der Waals surface area contributed by atoms with Crippen molar-refractivity contribution in [2.45, 2.75) is 27.7 Å². The lowest BCUT2D eigenvalue weighted by Crippen LogP contribution is -1.98. The fourth-order valence-corrected chi connectivity index (χ4v) is 11.6. The Kier molecular flexibility index (Phi) is 12.0. The van der Waals surface area contributed by atoms with E-state index in [4.69, 9.17) is 19.9 Å². The van der Waals surface area contributed by atoms with Crippen LogP contribution in [0.3, 0.4) is 0 Å². The minimum absolute atomic E-state index is 0.822. The molecule has 0 aliphatic rings. The van der Waals surface area contributed by atoms with E-state index < -0.39 is 0 Å². The molecule has 11 aromatic carbocycles. The van der Waals surface area contributed by atoms with E-state index in [0.29, 0.717) is 0 Å². The normalized spacial score (nSPS) is 11.5. The van der Waals surface area contributed by atoms with Gasteiger partial charge in [-0.15, -0.1) is 0 Å². The second kappa shape index (κ2) is 19.9. The van der Waals surface area contributed by atoms with Gasteiger partial charge in [-0.1, -0.05) is 216 Å². The summed E-state index contributed by atoms with van der Waals surface area (Å²) in [5.74, 6) is 1.82. The van der Waals surface area contributed by atoms with Crippen molar-refractivity contribution in [3.8, 4) is 101 Å². The molecule has 80 heavy (non-hydrogen) atoms. The van der Waals surface area contributed by atoms with Crippen molar-refractivity contribution in [3.05, 3.63) is 277 Å². The highest BCUT2D eigenvalue weighted by atomic mass is 15.1. The van der Waals surface area contributed by atoms with Gasteiger partial charge in [0.25, 0.3) is 0 Å². The third-order valence-corrected chi connectivity index (χ3v) is 15.3. The summed E-state index contributed by atoms with van der Waals surface area (Å²) in [6, 6.07) is 90.7. The fraction of sp³-hybridized carbons (Fsp3) is 0.0541. The van der Waals surface area contributed by atoms with E-state index >= 15 is 0 Å². The number of imidazole rings is 2. The number of aryl methyl sites for hydroxylation is 4. The molecule has 6 heteroatoms. The zero-order valence-electron chi connectivity index (χ0n) is 44.9. The van der Waals surface area contributed by atoms with Gasteiger partial charge < -0.3 is 0 Å². The number of benzene rings is 11. The van der Waals surface area contributed by atoms with E-state index in [9.17, 15) is 0 Å². The van der Waals surface area contributed by atoms with Crippen molar-refractivity contribution < 1.29 is 0 Å². The average molecular weight is 1030 g/mol. The number of hydrogen-bond acceptors (Lipinski definition) is 4. The Balaban J connectivity index is 0.855. The lowest BCUT2D eigenvalue weighted by Gasteiger charge is -2.17. The number of nitrogens with zero attached hydrogens (tertiary/aromatic N) is 6. The molecule has 0 amide bonds. The highest BCUT2D eigenvalue weighted by molar-refractivity contribution is 5.97. The van der Waals surface area contributed by atoms with Crippen molar-refractivity contribution in [1.29, 1.82) is 0 Å². The van der Waals surface area contributed by atoms with Gasteiger partial charge in [-0.05, 0) is 133 Å². The lowest BCUT2D eigenvalue weighted by molar-refractivity contribution is 1.10. The summed E-state index contributed by atoms with van der Waals surface area (Å²) in [4.78, 5) is 21.4. The smallest absolute Gasteiger partial charge is 0.145 e. The third kappa shape index (κ3) is 8.93. The molecule has 380 valence electrons. The quantitative estimate of drug-likeness (QED) is 0.137. The van der Waals surface area contributed by atoms with Crippen LogP contribution in [0.5, 0.6) is 0 Å². The number of aromatic nitrogens is 6. The molecule has 0 aliphatic carbocycles. The van der Waals surface area contributed by atoms with Crippen LogP contribution in [0.25, 0.3) is 134 Å². The Bertz CT molecular complexity index is 4290. The molecule has 6 nitrogen and oxygen atoms in total. The summed E-state index contributed by atoms with van der Waals surface area (Å²) >= 11 is 0. The molecular formula is C74H54N6. The molecule has 0 saturated carbocycles. The zero-order chi connectivity index (χ0) is 53.8. The Hall–Kier alpha value is -10.3. The molecule has 14 rings (SSSR count). The van der Waals surface area contributed by atoms with Gasteiger partial charge in [0.15, 0.2) is 0 Å². The molecule has 0 aliphatic heterocycles. The van der Waals surface area contributed by atoms with Gasteiger partial charge in [0, 0.05) is 33.6 Å². The molecule has 0 N–H and O–H groups in total. The van der Waals surface area contributed by atoms with Crippen molar-refractivity contribution in [3.63, 3.8) is 0 Å². The largest absolute Gasteiger partial charge is 0.292 e. The molecule has 14 aromatic rings. The van der Waals surface area contributed by atoms with E-state index in [0.717, 1.165) is 134 Å². The highest BCUT2D eigenvalue weighted by Crippen LogP contribution is 2.41. The zero-order valence-corrected chi connectivity index (χ0v) is 44.9. The van der Waals surface area contributed by atoms with Gasteiger partial charge in [0.05, 0.1) is 44.5 Å².